The van der Waals surface area contributed by atoms with Gasteiger partial charge in [0.15, 0.2) is 0 Å². The average Bonchev–Trinajstić information content (AvgIpc) is 2.66. The van der Waals surface area contributed by atoms with Gasteiger partial charge in [-0.3, -0.25) is 4.79 Å². The molecule has 0 saturated heterocycles. The molecule has 3 aromatic rings. The van der Waals surface area contributed by atoms with E-state index in [9.17, 15) is 9.59 Å². The standard InChI is InChI=1S/C22H22O4/c1-3-15-10-11-19-17(13-21(23)26-20(19)12-15)14-25-22(24)18(4-2)16-8-6-5-7-9-16/h5-13,18H,3-4,14H2,1-2H3/t18-/m0/s1. The predicted octanol–water partition coefficient (Wildman–Crippen LogP) is 4.59. The molecule has 2 aromatic carbocycles. The van der Waals surface area contributed by atoms with Crippen molar-refractivity contribution in [3.63, 3.8) is 0 Å². The SMILES string of the molecule is CCc1ccc2c(COC(=O)[C@@H](CC)c3ccccc3)cc(=O)oc2c1. The third kappa shape index (κ3) is 3.85. The largest absolute Gasteiger partial charge is 0.460 e. The lowest BCUT2D eigenvalue weighted by molar-refractivity contribution is -0.146. The van der Waals surface area contributed by atoms with E-state index >= 15 is 0 Å². The first-order valence-corrected chi connectivity index (χ1v) is 8.89. The molecule has 4 nitrogen and oxygen atoms in total. The van der Waals surface area contributed by atoms with Gasteiger partial charge in [0.2, 0.25) is 0 Å². The highest BCUT2D eigenvalue weighted by Gasteiger charge is 2.20. The summed E-state index contributed by atoms with van der Waals surface area (Å²) in [6, 6.07) is 16.7. The van der Waals surface area contributed by atoms with Crippen molar-refractivity contribution in [2.45, 2.75) is 39.2 Å². The van der Waals surface area contributed by atoms with Crippen LogP contribution in [0.25, 0.3) is 11.0 Å². The van der Waals surface area contributed by atoms with Crippen molar-refractivity contribution in [1.82, 2.24) is 0 Å². The second-order valence-electron chi connectivity index (χ2n) is 6.25. The van der Waals surface area contributed by atoms with Crippen molar-refractivity contribution in [1.29, 1.82) is 0 Å². The summed E-state index contributed by atoms with van der Waals surface area (Å²) < 4.78 is 10.8. The Balaban J connectivity index is 1.83. The fourth-order valence-electron chi connectivity index (χ4n) is 3.09. The van der Waals surface area contributed by atoms with Crippen molar-refractivity contribution in [3.05, 3.63) is 81.7 Å². The van der Waals surface area contributed by atoms with Crippen LogP contribution in [-0.4, -0.2) is 5.97 Å². The number of carbonyl (C=O) groups excluding carboxylic acids is 1. The van der Waals surface area contributed by atoms with Gasteiger partial charge < -0.3 is 9.15 Å². The summed E-state index contributed by atoms with van der Waals surface area (Å²) in [5.41, 5.74) is 2.77. The lowest BCUT2D eigenvalue weighted by Crippen LogP contribution is -2.16. The smallest absolute Gasteiger partial charge is 0.336 e. The summed E-state index contributed by atoms with van der Waals surface area (Å²) in [6.45, 7) is 4.05. The fraction of sp³-hybridized carbons (Fsp3) is 0.273. The summed E-state index contributed by atoms with van der Waals surface area (Å²) >= 11 is 0. The van der Waals surface area contributed by atoms with E-state index in [1.165, 1.54) is 6.07 Å². The van der Waals surface area contributed by atoms with E-state index in [1.807, 2.05) is 62.4 Å². The predicted molar refractivity (Wildman–Crippen MR) is 101 cm³/mol. The van der Waals surface area contributed by atoms with Gasteiger partial charge in [0.05, 0.1) is 5.92 Å². The number of esters is 1. The number of benzene rings is 2. The van der Waals surface area contributed by atoms with Crippen molar-refractivity contribution in [2.24, 2.45) is 0 Å². The number of aryl methyl sites for hydroxylation is 1. The molecule has 134 valence electrons. The maximum atomic E-state index is 12.5. The van der Waals surface area contributed by atoms with Crippen LogP contribution in [-0.2, 0) is 22.6 Å². The van der Waals surface area contributed by atoms with Gasteiger partial charge in [-0.2, -0.15) is 0 Å². The van der Waals surface area contributed by atoms with E-state index in [2.05, 4.69) is 0 Å². The fourth-order valence-corrected chi connectivity index (χ4v) is 3.09. The minimum atomic E-state index is -0.438. The Morgan fingerprint density at radius 2 is 1.85 bits per heavy atom. The summed E-state index contributed by atoms with van der Waals surface area (Å²) in [5, 5.41) is 0.794. The van der Waals surface area contributed by atoms with E-state index in [4.69, 9.17) is 9.15 Å². The topological polar surface area (TPSA) is 56.5 Å². The number of ether oxygens (including phenoxy) is 1. The van der Waals surface area contributed by atoms with Crippen molar-refractivity contribution < 1.29 is 13.9 Å². The molecule has 26 heavy (non-hydrogen) atoms. The minimum absolute atomic E-state index is 0.0513. The molecule has 0 aliphatic heterocycles. The van der Waals surface area contributed by atoms with Gasteiger partial charge in [-0.25, -0.2) is 4.79 Å². The molecule has 0 radical (unpaired) electrons. The molecule has 0 amide bonds. The van der Waals surface area contributed by atoms with Gasteiger partial charge in [-0.05, 0) is 30.0 Å². The maximum Gasteiger partial charge on any atom is 0.336 e. The zero-order valence-electron chi connectivity index (χ0n) is 15.0. The number of hydrogen-bond acceptors (Lipinski definition) is 4. The van der Waals surface area contributed by atoms with E-state index in [1.54, 1.807) is 0 Å². The Labute approximate surface area is 152 Å². The van der Waals surface area contributed by atoms with Crippen LogP contribution in [0.2, 0.25) is 0 Å². The second kappa shape index (κ2) is 8.00. The summed E-state index contributed by atoms with van der Waals surface area (Å²) in [7, 11) is 0. The van der Waals surface area contributed by atoms with Gasteiger partial charge in [0.25, 0.3) is 0 Å². The quantitative estimate of drug-likeness (QED) is 0.482. The Morgan fingerprint density at radius 3 is 2.54 bits per heavy atom. The van der Waals surface area contributed by atoms with Gasteiger partial charge in [-0.15, -0.1) is 0 Å². The molecule has 1 atom stereocenters. The highest BCUT2D eigenvalue weighted by molar-refractivity contribution is 5.82. The van der Waals surface area contributed by atoms with Crippen LogP contribution in [0.3, 0.4) is 0 Å². The molecule has 3 rings (SSSR count). The molecule has 0 unspecified atom stereocenters. The monoisotopic (exact) mass is 350 g/mol. The highest BCUT2D eigenvalue weighted by atomic mass is 16.5. The van der Waals surface area contributed by atoms with Gasteiger partial charge >= 0.3 is 11.6 Å². The van der Waals surface area contributed by atoms with E-state index in [0.717, 1.165) is 22.9 Å². The van der Waals surface area contributed by atoms with Crippen LogP contribution in [0.4, 0.5) is 0 Å². The van der Waals surface area contributed by atoms with Crippen molar-refractivity contribution in [2.75, 3.05) is 0 Å². The number of fused-ring (bicyclic) bond motifs is 1. The molecular weight excluding hydrogens is 328 g/mol. The van der Waals surface area contributed by atoms with E-state index < -0.39 is 5.63 Å². The average molecular weight is 350 g/mol. The third-order valence-corrected chi connectivity index (χ3v) is 4.57. The first-order valence-electron chi connectivity index (χ1n) is 8.89. The second-order valence-corrected chi connectivity index (χ2v) is 6.25. The Hall–Kier alpha value is -2.88. The number of rotatable bonds is 6. The molecule has 1 heterocycles. The minimum Gasteiger partial charge on any atom is -0.460 e. The molecule has 0 spiro atoms. The summed E-state index contributed by atoms with van der Waals surface area (Å²) in [4.78, 5) is 24.4. The molecule has 0 bridgehead atoms. The Kier molecular flexibility index (Phi) is 5.52. The maximum absolute atomic E-state index is 12.5. The van der Waals surface area contributed by atoms with Crippen molar-refractivity contribution in [3.8, 4) is 0 Å². The molecular formula is C22H22O4. The van der Waals surface area contributed by atoms with E-state index in [0.29, 0.717) is 17.6 Å². The first-order chi connectivity index (χ1) is 12.6. The van der Waals surface area contributed by atoms with Gasteiger partial charge in [-0.1, -0.05) is 56.3 Å². The molecule has 4 heteroatoms. The molecule has 0 aliphatic carbocycles. The van der Waals surface area contributed by atoms with Gasteiger partial charge in [0.1, 0.15) is 12.2 Å². The highest BCUT2D eigenvalue weighted by Crippen LogP contribution is 2.23. The zero-order chi connectivity index (χ0) is 18.5. The lowest BCUT2D eigenvalue weighted by Gasteiger charge is -2.15. The molecule has 0 aliphatic rings. The molecule has 0 fully saturated rings. The normalized spacial score (nSPS) is 12.1. The Morgan fingerprint density at radius 1 is 1.08 bits per heavy atom. The molecule has 0 N–H and O–H groups in total. The number of hydrogen-bond donors (Lipinski definition) is 0. The van der Waals surface area contributed by atoms with E-state index in [-0.39, 0.29) is 18.5 Å². The van der Waals surface area contributed by atoms with Crippen LogP contribution in [0.5, 0.6) is 0 Å². The lowest BCUT2D eigenvalue weighted by atomic mass is 9.97. The van der Waals surface area contributed by atoms with Crippen LogP contribution >= 0.6 is 0 Å². The van der Waals surface area contributed by atoms with Crippen molar-refractivity contribution >= 4 is 16.9 Å². The number of carbonyl (C=O) groups is 1. The molecule has 0 saturated carbocycles. The zero-order valence-corrected chi connectivity index (χ0v) is 15.0. The van der Waals surface area contributed by atoms with Gasteiger partial charge in [0, 0.05) is 17.0 Å². The van der Waals surface area contributed by atoms with Crippen LogP contribution < -0.4 is 5.63 Å². The summed E-state index contributed by atoms with van der Waals surface area (Å²) in [5.74, 6) is -0.598. The third-order valence-electron chi connectivity index (χ3n) is 4.57. The Bertz CT molecular complexity index is 957. The van der Waals surface area contributed by atoms with Crippen LogP contribution in [0.1, 0.15) is 42.9 Å². The summed E-state index contributed by atoms with van der Waals surface area (Å²) in [6.07, 6.45) is 1.51. The first kappa shape index (κ1) is 17.9. The molecule has 1 aromatic heterocycles. The van der Waals surface area contributed by atoms with Crippen LogP contribution in [0.15, 0.2) is 63.8 Å². The van der Waals surface area contributed by atoms with Crippen LogP contribution in [0, 0.1) is 0 Å².